The van der Waals surface area contributed by atoms with Crippen molar-refractivity contribution in [3.63, 3.8) is 0 Å². The molecule has 1 N–H and O–H groups in total. The van der Waals surface area contributed by atoms with Crippen molar-refractivity contribution in [1.29, 1.82) is 0 Å². The van der Waals surface area contributed by atoms with Crippen LogP contribution < -0.4 is 5.32 Å². The number of rotatable bonds is 6. The Balaban J connectivity index is 1.26. The number of nitrogens with one attached hydrogen (secondary N) is 1. The Morgan fingerprint density at radius 2 is 2.04 bits per heavy atom. The average Bonchev–Trinajstić information content (AvgIpc) is 3.24. The van der Waals surface area contributed by atoms with Gasteiger partial charge in [-0.25, -0.2) is 0 Å². The van der Waals surface area contributed by atoms with Crippen LogP contribution in [-0.4, -0.2) is 24.4 Å². The molecule has 1 aliphatic heterocycles. The summed E-state index contributed by atoms with van der Waals surface area (Å²) < 4.78 is 5.43. The fourth-order valence-corrected chi connectivity index (χ4v) is 6.01. The molecule has 2 aliphatic carbocycles. The molecule has 25 heavy (non-hydrogen) atoms. The van der Waals surface area contributed by atoms with E-state index in [0.717, 1.165) is 49.3 Å². The van der Waals surface area contributed by atoms with Gasteiger partial charge < -0.3 is 10.1 Å². The summed E-state index contributed by atoms with van der Waals surface area (Å²) in [5, 5.41) is 3.85. The molecule has 1 aromatic rings. The number of fused-ring (bicyclic) bond motifs is 2. The van der Waals surface area contributed by atoms with Crippen LogP contribution in [0.3, 0.4) is 0 Å². The first-order chi connectivity index (χ1) is 12.3. The van der Waals surface area contributed by atoms with E-state index in [4.69, 9.17) is 4.74 Å². The molecule has 0 aromatic heterocycles. The lowest BCUT2D eigenvalue weighted by Crippen LogP contribution is -2.20. The summed E-state index contributed by atoms with van der Waals surface area (Å²) in [4.78, 5) is 12.4. The lowest BCUT2D eigenvalue weighted by Gasteiger charge is -2.22. The molecule has 3 aliphatic rings. The molecule has 3 unspecified atom stereocenters. The van der Waals surface area contributed by atoms with Crippen molar-refractivity contribution in [3.05, 3.63) is 29.8 Å². The highest BCUT2D eigenvalue weighted by Crippen LogP contribution is 2.49. The number of anilines is 1. The molecule has 136 valence electrons. The highest BCUT2D eigenvalue weighted by atomic mass is 32.2. The molecular formula is C21H29NO2S. The zero-order valence-electron chi connectivity index (χ0n) is 14.9. The van der Waals surface area contributed by atoms with Gasteiger partial charge in [-0.1, -0.05) is 18.6 Å². The second kappa shape index (κ2) is 8.13. The predicted molar refractivity (Wildman–Crippen MR) is 104 cm³/mol. The van der Waals surface area contributed by atoms with Gasteiger partial charge >= 0.3 is 0 Å². The van der Waals surface area contributed by atoms with Crippen molar-refractivity contribution in [2.45, 2.75) is 55.9 Å². The molecule has 1 saturated heterocycles. The third-order valence-corrected chi connectivity index (χ3v) is 7.64. The molecule has 1 aromatic carbocycles. The number of hydrogen-bond donors (Lipinski definition) is 1. The third kappa shape index (κ3) is 4.59. The van der Waals surface area contributed by atoms with Gasteiger partial charge in [0.25, 0.3) is 0 Å². The Morgan fingerprint density at radius 1 is 1.16 bits per heavy atom. The fourth-order valence-electron chi connectivity index (χ4n) is 4.87. The topological polar surface area (TPSA) is 38.3 Å². The second-order valence-corrected chi connectivity index (χ2v) is 9.30. The SMILES string of the molecule is O=C(CC1CC2CCC1C2)Nc1cccc(CSC2CCOCC2)c1. The van der Waals surface area contributed by atoms with Crippen molar-refractivity contribution in [1.82, 2.24) is 0 Å². The Bertz CT molecular complexity index is 599. The van der Waals surface area contributed by atoms with Crippen molar-refractivity contribution < 1.29 is 9.53 Å². The van der Waals surface area contributed by atoms with E-state index in [1.165, 1.54) is 31.2 Å². The highest BCUT2D eigenvalue weighted by molar-refractivity contribution is 7.99. The maximum absolute atomic E-state index is 12.4. The monoisotopic (exact) mass is 359 g/mol. The minimum Gasteiger partial charge on any atom is -0.381 e. The van der Waals surface area contributed by atoms with Gasteiger partial charge in [-0.2, -0.15) is 11.8 Å². The lowest BCUT2D eigenvalue weighted by molar-refractivity contribution is -0.117. The van der Waals surface area contributed by atoms with Crippen LogP contribution in [0.15, 0.2) is 24.3 Å². The molecular weight excluding hydrogens is 330 g/mol. The first-order valence-corrected chi connectivity index (χ1v) is 10.9. The van der Waals surface area contributed by atoms with Crippen LogP contribution in [0.2, 0.25) is 0 Å². The summed E-state index contributed by atoms with van der Waals surface area (Å²) in [7, 11) is 0. The largest absolute Gasteiger partial charge is 0.381 e. The van der Waals surface area contributed by atoms with E-state index >= 15 is 0 Å². The van der Waals surface area contributed by atoms with E-state index in [1.807, 2.05) is 17.8 Å². The van der Waals surface area contributed by atoms with Crippen LogP contribution in [-0.2, 0) is 15.3 Å². The van der Waals surface area contributed by atoms with Crippen molar-refractivity contribution in [3.8, 4) is 0 Å². The Kier molecular flexibility index (Phi) is 5.66. The standard InChI is InChI=1S/C21H29NO2S/c23-21(13-18-11-15-4-5-17(18)10-15)22-19-3-1-2-16(12-19)14-25-20-6-8-24-9-7-20/h1-3,12,15,17-18,20H,4-11,13-14H2,(H,22,23). The zero-order valence-corrected chi connectivity index (χ0v) is 15.7. The molecule has 4 heteroatoms. The van der Waals surface area contributed by atoms with Gasteiger partial charge in [0.15, 0.2) is 0 Å². The summed E-state index contributed by atoms with van der Waals surface area (Å²) in [6.07, 6.45) is 8.42. The molecule has 4 rings (SSSR count). The molecule has 1 heterocycles. The number of carbonyl (C=O) groups is 1. The van der Waals surface area contributed by atoms with E-state index in [0.29, 0.717) is 17.6 Å². The molecule has 0 radical (unpaired) electrons. The van der Waals surface area contributed by atoms with Crippen LogP contribution in [0.1, 0.15) is 50.5 Å². The number of hydrogen-bond acceptors (Lipinski definition) is 3. The van der Waals surface area contributed by atoms with Crippen LogP contribution in [0.25, 0.3) is 0 Å². The summed E-state index contributed by atoms with van der Waals surface area (Å²) in [5.74, 6) is 3.57. The van der Waals surface area contributed by atoms with Crippen molar-refractivity contribution in [2.75, 3.05) is 18.5 Å². The Hall–Kier alpha value is -1.00. The maximum atomic E-state index is 12.4. The smallest absolute Gasteiger partial charge is 0.224 e. The highest BCUT2D eigenvalue weighted by Gasteiger charge is 2.40. The molecule has 2 bridgehead atoms. The maximum Gasteiger partial charge on any atom is 0.224 e. The summed E-state index contributed by atoms with van der Waals surface area (Å²) in [5.41, 5.74) is 2.26. The predicted octanol–water partition coefficient (Wildman–Crippen LogP) is 4.86. The first kappa shape index (κ1) is 17.4. The zero-order chi connectivity index (χ0) is 17.1. The van der Waals surface area contributed by atoms with E-state index < -0.39 is 0 Å². The van der Waals surface area contributed by atoms with Crippen LogP contribution in [0.4, 0.5) is 5.69 Å². The van der Waals surface area contributed by atoms with Gasteiger partial charge in [0.05, 0.1) is 0 Å². The fraction of sp³-hybridized carbons (Fsp3) is 0.667. The van der Waals surface area contributed by atoms with Crippen molar-refractivity contribution in [2.24, 2.45) is 17.8 Å². The molecule has 3 atom stereocenters. The van der Waals surface area contributed by atoms with Gasteiger partial charge in [0.1, 0.15) is 0 Å². The normalized spacial score (nSPS) is 29.0. The second-order valence-electron chi connectivity index (χ2n) is 8.01. The van der Waals surface area contributed by atoms with E-state index in [9.17, 15) is 4.79 Å². The Morgan fingerprint density at radius 3 is 2.80 bits per heavy atom. The van der Waals surface area contributed by atoms with Gasteiger partial charge in [-0.15, -0.1) is 0 Å². The average molecular weight is 360 g/mol. The number of carbonyl (C=O) groups excluding carboxylic acids is 1. The van der Waals surface area contributed by atoms with Gasteiger partial charge in [-0.05, 0) is 67.6 Å². The lowest BCUT2D eigenvalue weighted by atomic mass is 9.86. The molecule has 2 saturated carbocycles. The van der Waals surface area contributed by atoms with Crippen LogP contribution >= 0.6 is 11.8 Å². The molecule has 0 spiro atoms. The van der Waals surface area contributed by atoms with E-state index in [2.05, 4.69) is 23.5 Å². The summed E-state index contributed by atoms with van der Waals surface area (Å²) in [6.45, 7) is 1.80. The third-order valence-electron chi connectivity index (χ3n) is 6.20. The van der Waals surface area contributed by atoms with Crippen LogP contribution in [0.5, 0.6) is 0 Å². The summed E-state index contributed by atoms with van der Waals surface area (Å²) >= 11 is 2.02. The first-order valence-electron chi connectivity index (χ1n) is 9.84. The van der Waals surface area contributed by atoms with Crippen LogP contribution in [0, 0.1) is 17.8 Å². The van der Waals surface area contributed by atoms with Gasteiger partial charge in [0.2, 0.25) is 5.91 Å². The quantitative estimate of drug-likeness (QED) is 0.788. The minimum absolute atomic E-state index is 0.201. The Labute approximate surface area is 155 Å². The van der Waals surface area contributed by atoms with Crippen molar-refractivity contribution >= 4 is 23.4 Å². The number of amides is 1. The molecule has 1 amide bonds. The van der Waals surface area contributed by atoms with E-state index in [-0.39, 0.29) is 5.91 Å². The minimum atomic E-state index is 0.201. The van der Waals surface area contributed by atoms with Gasteiger partial charge in [-0.3, -0.25) is 4.79 Å². The number of thioether (sulfide) groups is 1. The van der Waals surface area contributed by atoms with E-state index in [1.54, 1.807) is 0 Å². The molecule has 3 nitrogen and oxygen atoms in total. The molecule has 3 fully saturated rings. The number of benzene rings is 1. The number of ether oxygens (including phenoxy) is 1. The summed E-state index contributed by atoms with van der Waals surface area (Å²) in [6, 6.07) is 8.39. The van der Waals surface area contributed by atoms with Gasteiger partial charge in [0, 0.05) is 36.3 Å².